The molecule has 1 saturated heterocycles. The third-order valence-corrected chi connectivity index (χ3v) is 3.95. The zero-order chi connectivity index (χ0) is 11.1. The van der Waals surface area contributed by atoms with E-state index in [9.17, 15) is 0 Å². The Hall–Kier alpha value is -1.49. The van der Waals surface area contributed by atoms with E-state index in [1.165, 1.54) is 29.9 Å². The number of fused-ring (bicyclic) bond motifs is 1. The van der Waals surface area contributed by atoms with Crippen molar-refractivity contribution in [2.75, 3.05) is 29.5 Å². The van der Waals surface area contributed by atoms with Gasteiger partial charge in [-0.25, -0.2) is 4.98 Å². The summed E-state index contributed by atoms with van der Waals surface area (Å²) in [5.74, 6) is 0. The van der Waals surface area contributed by atoms with Crippen molar-refractivity contribution < 1.29 is 0 Å². The van der Waals surface area contributed by atoms with Gasteiger partial charge in [0, 0.05) is 13.1 Å². The van der Waals surface area contributed by atoms with Crippen LogP contribution in [0, 0.1) is 0 Å². The maximum Gasteiger partial charge on any atom is 0.181 e. The Labute approximate surface area is 97.9 Å². The summed E-state index contributed by atoms with van der Waals surface area (Å²) in [6.45, 7) is 2.22. The molecular formula is C11H14N4S. The molecule has 2 heterocycles. The second kappa shape index (κ2) is 3.52. The van der Waals surface area contributed by atoms with Gasteiger partial charge in [0.25, 0.3) is 0 Å². The monoisotopic (exact) mass is 234 g/mol. The van der Waals surface area contributed by atoms with E-state index in [-0.39, 0.29) is 0 Å². The minimum absolute atomic E-state index is 0.591. The molecule has 4 nitrogen and oxygen atoms in total. The van der Waals surface area contributed by atoms with Gasteiger partial charge in [-0.1, -0.05) is 11.3 Å². The van der Waals surface area contributed by atoms with Crippen molar-refractivity contribution in [1.82, 2.24) is 4.98 Å². The van der Waals surface area contributed by atoms with E-state index in [2.05, 4.69) is 16.0 Å². The third kappa shape index (κ3) is 1.39. The lowest BCUT2D eigenvalue weighted by molar-refractivity contribution is 0.949. The van der Waals surface area contributed by atoms with Gasteiger partial charge in [-0.15, -0.1) is 0 Å². The van der Waals surface area contributed by atoms with E-state index in [4.69, 9.17) is 11.5 Å². The molecule has 0 unspecified atom stereocenters. The fourth-order valence-corrected chi connectivity index (χ4v) is 3.02. The number of nitrogen functional groups attached to an aromatic ring is 2. The normalized spacial score (nSPS) is 16.1. The van der Waals surface area contributed by atoms with Gasteiger partial charge in [-0.2, -0.15) is 0 Å². The van der Waals surface area contributed by atoms with Crippen molar-refractivity contribution in [3.8, 4) is 0 Å². The lowest BCUT2D eigenvalue weighted by Crippen LogP contribution is -2.17. The molecule has 0 atom stereocenters. The molecule has 84 valence electrons. The van der Waals surface area contributed by atoms with Crippen LogP contribution in [0.3, 0.4) is 0 Å². The van der Waals surface area contributed by atoms with Gasteiger partial charge in [-0.05, 0) is 25.0 Å². The van der Waals surface area contributed by atoms with Crippen LogP contribution in [-0.2, 0) is 0 Å². The van der Waals surface area contributed by atoms with Crippen molar-refractivity contribution in [1.29, 1.82) is 0 Å². The Morgan fingerprint density at radius 3 is 2.69 bits per heavy atom. The zero-order valence-corrected chi connectivity index (χ0v) is 9.76. The average Bonchev–Trinajstić information content (AvgIpc) is 2.87. The zero-order valence-electron chi connectivity index (χ0n) is 8.94. The van der Waals surface area contributed by atoms with Crippen molar-refractivity contribution in [2.45, 2.75) is 12.8 Å². The van der Waals surface area contributed by atoms with Gasteiger partial charge in [0.15, 0.2) is 5.13 Å². The summed E-state index contributed by atoms with van der Waals surface area (Å²) < 4.78 is 1.02. The highest BCUT2D eigenvalue weighted by Gasteiger charge is 2.17. The van der Waals surface area contributed by atoms with E-state index in [0.29, 0.717) is 5.13 Å². The fourth-order valence-electron chi connectivity index (χ4n) is 2.24. The molecule has 1 aliphatic rings. The van der Waals surface area contributed by atoms with Crippen molar-refractivity contribution in [3.05, 3.63) is 12.1 Å². The third-order valence-electron chi connectivity index (χ3n) is 3.02. The summed E-state index contributed by atoms with van der Waals surface area (Å²) in [5.41, 5.74) is 14.6. The summed E-state index contributed by atoms with van der Waals surface area (Å²) in [7, 11) is 0. The van der Waals surface area contributed by atoms with Crippen LogP contribution in [-0.4, -0.2) is 18.1 Å². The Morgan fingerprint density at radius 2 is 1.94 bits per heavy atom. The first-order valence-electron chi connectivity index (χ1n) is 5.45. The average molecular weight is 234 g/mol. The van der Waals surface area contributed by atoms with Gasteiger partial charge in [0.1, 0.15) is 5.52 Å². The Balaban J connectivity index is 2.20. The molecule has 0 saturated carbocycles. The van der Waals surface area contributed by atoms with Crippen LogP contribution in [0.1, 0.15) is 12.8 Å². The Bertz CT molecular complexity index is 528. The van der Waals surface area contributed by atoms with Crippen LogP contribution in [0.2, 0.25) is 0 Å². The lowest BCUT2D eigenvalue weighted by atomic mass is 10.2. The molecule has 1 aromatic carbocycles. The molecule has 5 heteroatoms. The van der Waals surface area contributed by atoms with Crippen LogP contribution in [0.15, 0.2) is 12.1 Å². The summed E-state index contributed by atoms with van der Waals surface area (Å²) in [4.78, 5) is 6.76. The van der Waals surface area contributed by atoms with Gasteiger partial charge < -0.3 is 16.4 Å². The second-order valence-electron chi connectivity index (χ2n) is 4.10. The van der Waals surface area contributed by atoms with E-state index < -0.39 is 0 Å². The van der Waals surface area contributed by atoms with Crippen molar-refractivity contribution >= 4 is 38.1 Å². The van der Waals surface area contributed by atoms with Gasteiger partial charge in [-0.3, -0.25) is 0 Å². The smallest absolute Gasteiger partial charge is 0.181 e. The number of hydrogen-bond acceptors (Lipinski definition) is 5. The topological polar surface area (TPSA) is 68.2 Å². The molecule has 0 spiro atoms. The molecule has 0 radical (unpaired) electrons. The molecule has 3 rings (SSSR count). The number of nitrogens with two attached hydrogens (primary N) is 2. The first-order chi connectivity index (χ1) is 7.75. The van der Waals surface area contributed by atoms with E-state index in [1.54, 1.807) is 0 Å². The molecule has 4 N–H and O–H groups in total. The lowest BCUT2D eigenvalue weighted by Gasteiger charge is -2.18. The first-order valence-corrected chi connectivity index (χ1v) is 6.27. The van der Waals surface area contributed by atoms with Gasteiger partial charge in [0.05, 0.1) is 16.1 Å². The van der Waals surface area contributed by atoms with Gasteiger partial charge in [0.2, 0.25) is 0 Å². The molecule has 0 bridgehead atoms. The molecule has 1 aromatic heterocycles. The number of anilines is 3. The summed E-state index contributed by atoms with van der Waals surface area (Å²) in [5, 5.41) is 0.591. The highest BCUT2D eigenvalue weighted by molar-refractivity contribution is 7.22. The summed E-state index contributed by atoms with van der Waals surface area (Å²) >= 11 is 1.47. The van der Waals surface area contributed by atoms with Gasteiger partial charge >= 0.3 is 0 Å². The van der Waals surface area contributed by atoms with E-state index in [1.807, 2.05) is 6.07 Å². The number of aromatic nitrogens is 1. The number of thiazole rings is 1. The first kappa shape index (κ1) is 9.72. The van der Waals surface area contributed by atoms with Crippen LogP contribution in [0.4, 0.5) is 16.5 Å². The number of benzene rings is 1. The Morgan fingerprint density at radius 1 is 1.19 bits per heavy atom. The summed E-state index contributed by atoms with van der Waals surface area (Å²) in [6, 6.07) is 4.01. The predicted octanol–water partition coefficient (Wildman–Crippen LogP) is 2.06. The SMILES string of the molecule is Nc1nc2c(N3CCCC3)ccc(N)c2s1. The van der Waals surface area contributed by atoms with E-state index >= 15 is 0 Å². The number of hydrogen-bond donors (Lipinski definition) is 2. The molecule has 16 heavy (non-hydrogen) atoms. The highest BCUT2D eigenvalue weighted by atomic mass is 32.1. The highest BCUT2D eigenvalue weighted by Crippen LogP contribution is 2.36. The molecule has 0 aliphatic carbocycles. The fraction of sp³-hybridized carbons (Fsp3) is 0.364. The molecular weight excluding hydrogens is 220 g/mol. The number of nitrogens with zero attached hydrogens (tertiary/aromatic N) is 2. The summed E-state index contributed by atoms with van der Waals surface area (Å²) in [6.07, 6.45) is 2.51. The molecule has 0 amide bonds. The van der Waals surface area contributed by atoms with Crippen molar-refractivity contribution in [3.63, 3.8) is 0 Å². The maximum atomic E-state index is 5.93. The van der Waals surface area contributed by atoms with Crippen molar-refractivity contribution in [2.24, 2.45) is 0 Å². The van der Waals surface area contributed by atoms with E-state index in [0.717, 1.165) is 29.0 Å². The van der Waals surface area contributed by atoms with Crippen LogP contribution < -0.4 is 16.4 Å². The van der Waals surface area contributed by atoms with Crippen LogP contribution in [0.25, 0.3) is 10.2 Å². The predicted molar refractivity (Wildman–Crippen MR) is 69.9 cm³/mol. The van der Waals surface area contributed by atoms with Crippen LogP contribution in [0.5, 0.6) is 0 Å². The largest absolute Gasteiger partial charge is 0.398 e. The minimum Gasteiger partial charge on any atom is -0.398 e. The Kier molecular flexibility index (Phi) is 2.14. The van der Waals surface area contributed by atoms with Crippen LogP contribution >= 0.6 is 11.3 Å². The minimum atomic E-state index is 0.591. The maximum absolute atomic E-state index is 5.93. The molecule has 2 aromatic rings. The second-order valence-corrected chi connectivity index (χ2v) is 5.13. The standard InChI is InChI=1S/C11H14N4S/c12-7-3-4-8(15-5-1-2-6-15)9-10(7)16-11(13)14-9/h3-4H,1-2,5-6,12H2,(H2,13,14). The molecule has 1 fully saturated rings. The molecule has 1 aliphatic heterocycles. The number of rotatable bonds is 1. The quantitative estimate of drug-likeness (QED) is 0.741.